The molecule has 1 heterocycles. The monoisotopic (exact) mass is 335 g/mol. The molecule has 3 rings (SSSR count). The van der Waals surface area contributed by atoms with Crippen LogP contribution in [0.2, 0.25) is 0 Å². The van der Waals surface area contributed by atoms with Crippen LogP contribution in [0.4, 0.5) is 0 Å². The van der Waals surface area contributed by atoms with Gasteiger partial charge in [-0.05, 0) is 35.2 Å². The highest BCUT2D eigenvalue weighted by atomic mass is 16.4. The minimum absolute atomic E-state index is 0.0719. The first kappa shape index (κ1) is 17.0. The Kier molecular flexibility index (Phi) is 5.29. The number of rotatable bonds is 6. The van der Waals surface area contributed by atoms with Crippen LogP contribution < -0.4 is 10.9 Å². The Hall–Kier alpha value is -2.88. The van der Waals surface area contributed by atoms with Crippen LogP contribution in [0.3, 0.4) is 0 Å². The van der Waals surface area contributed by atoms with Gasteiger partial charge in [0, 0.05) is 18.0 Å². The molecule has 25 heavy (non-hydrogen) atoms. The highest BCUT2D eigenvalue weighted by Crippen LogP contribution is 2.19. The molecule has 0 saturated heterocycles. The standard InChI is InChI=1S/C21H21NO3/c1-2-6-15-9-10-19-18(11-15)17(13-21(24)25-19)14-22-20(23)12-16-7-4-3-5-8-16/h3-5,7-11,13H,2,6,12,14H2,1H3,(H,22,23). The van der Waals surface area contributed by atoms with E-state index in [0.29, 0.717) is 18.5 Å². The maximum absolute atomic E-state index is 12.2. The van der Waals surface area contributed by atoms with Crippen LogP contribution in [0.5, 0.6) is 0 Å². The summed E-state index contributed by atoms with van der Waals surface area (Å²) in [6, 6.07) is 16.9. The summed E-state index contributed by atoms with van der Waals surface area (Å²) in [6.45, 7) is 2.43. The van der Waals surface area contributed by atoms with Crippen molar-refractivity contribution in [2.75, 3.05) is 0 Å². The van der Waals surface area contributed by atoms with Gasteiger partial charge in [-0.15, -0.1) is 0 Å². The molecule has 1 aromatic heterocycles. The second-order valence-corrected chi connectivity index (χ2v) is 6.11. The number of benzene rings is 2. The van der Waals surface area contributed by atoms with E-state index in [1.807, 2.05) is 48.5 Å². The van der Waals surface area contributed by atoms with Crippen LogP contribution in [0.15, 0.2) is 63.8 Å². The van der Waals surface area contributed by atoms with Crippen molar-refractivity contribution in [1.82, 2.24) is 5.32 Å². The molecular formula is C21H21NO3. The van der Waals surface area contributed by atoms with E-state index in [0.717, 1.165) is 29.4 Å². The molecule has 4 heteroatoms. The summed E-state index contributed by atoms with van der Waals surface area (Å²) in [5.41, 5.74) is 3.09. The molecule has 2 aromatic carbocycles. The molecule has 0 aliphatic rings. The second kappa shape index (κ2) is 7.79. The van der Waals surface area contributed by atoms with Crippen molar-refractivity contribution >= 4 is 16.9 Å². The van der Waals surface area contributed by atoms with E-state index < -0.39 is 5.63 Å². The Bertz CT molecular complexity index is 929. The lowest BCUT2D eigenvalue weighted by Crippen LogP contribution is -2.25. The topological polar surface area (TPSA) is 59.3 Å². The van der Waals surface area contributed by atoms with Gasteiger partial charge in [0.1, 0.15) is 5.58 Å². The van der Waals surface area contributed by atoms with E-state index in [1.165, 1.54) is 11.6 Å². The number of fused-ring (bicyclic) bond motifs is 1. The molecule has 1 amide bonds. The summed E-state index contributed by atoms with van der Waals surface area (Å²) >= 11 is 0. The highest BCUT2D eigenvalue weighted by molar-refractivity contribution is 5.82. The number of aryl methyl sites for hydroxylation is 1. The minimum atomic E-state index is -0.400. The van der Waals surface area contributed by atoms with E-state index in [9.17, 15) is 9.59 Å². The van der Waals surface area contributed by atoms with Gasteiger partial charge in [-0.1, -0.05) is 49.7 Å². The summed E-state index contributed by atoms with van der Waals surface area (Å²) in [6.07, 6.45) is 2.33. The van der Waals surface area contributed by atoms with Gasteiger partial charge in [0.25, 0.3) is 0 Å². The summed E-state index contributed by atoms with van der Waals surface area (Å²) in [5, 5.41) is 3.78. The molecule has 0 bridgehead atoms. The van der Waals surface area contributed by atoms with Crippen molar-refractivity contribution in [1.29, 1.82) is 0 Å². The number of hydrogen-bond donors (Lipinski definition) is 1. The van der Waals surface area contributed by atoms with Crippen molar-refractivity contribution in [3.05, 3.63) is 81.7 Å². The molecular weight excluding hydrogens is 314 g/mol. The van der Waals surface area contributed by atoms with E-state index in [4.69, 9.17) is 4.42 Å². The zero-order valence-electron chi connectivity index (χ0n) is 14.2. The molecule has 0 radical (unpaired) electrons. The molecule has 1 N–H and O–H groups in total. The number of nitrogens with one attached hydrogen (secondary N) is 1. The smallest absolute Gasteiger partial charge is 0.336 e. The maximum Gasteiger partial charge on any atom is 0.336 e. The Labute approximate surface area is 146 Å². The van der Waals surface area contributed by atoms with Gasteiger partial charge >= 0.3 is 5.63 Å². The molecule has 4 nitrogen and oxygen atoms in total. The zero-order chi connectivity index (χ0) is 17.6. The highest BCUT2D eigenvalue weighted by Gasteiger charge is 2.09. The molecule has 0 unspecified atom stereocenters. The molecule has 0 saturated carbocycles. The fraction of sp³-hybridized carbons (Fsp3) is 0.238. The van der Waals surface area contributed by atoms with Crippen LogP contribution in [-0.2, 0) is 24.2 Å². The predicted octanol–water partition coefficient (Wildman–Crippen LogP) is 3.60. The van der Waals surface area contributed by atoms with Crippen LogP contribution >= 0.6 is 0 Å². The van der Waals surface area contributed by atoms with E-state index in [2.05, 4.69) is 12.2 Å². The second-order valence-electron chi connectivity index (χ2n) is 6.11. The lowest BCUT2D eigenvalue weighted by Gasteiger charge is -2.09. The van der Waals surface area contributed by atoms with E-state index in [-0.39, 0.29) is 5.91 Å². The van der Waals surface area contributed by atoms with Gasteiger partial charge in [-0.25, -0.2) is 4.79 Å². The third-order valence-corrected chi connectivity index (χ3v) is 4.11. The van der Waals surface area contributed by atoms with Crippen LogP contribution in [0, 0.1) is 0 Å². The predicted molar refractivity (Wildman–Crippen MR) is 98.5 cm³/mol. The quantitative estimate of drug-likeness (QED) is 0.700. The van der Waals surface area contributed by atoms with Gasteiger partial charge in [0.2, 0.25) is 5.91 Å². The first-order valence-electron chi connectivity index (χ1n) is 8.52. The van der Waals surface area contributed by atoms with Crippen LogP contribution in [0.25, 0.3) is 11.0 Å². The Morgan fingerprint density at radius 1 is 1.04 bits per heavy atom. The maximum atomic E-state index is 12.2. The van der Waals surface area contributed by atoms with Gasteiger partial charge in [0.05, 0.1) is 6.42 Å². The van der Waals surface area contributed by atoms with Crippen LogP contribution in [0.1, 0.15) is 30.0 Å². The first-order chi connectivity index (χ1) is 12.2. The summed E-state index contributed by atoms with van der Waals surface area (Å²) in [4.78, 5) is 23.9. The molecule has 128 valence electrons. The van der Waals surface area contributed by atoms with Gasteiger partial charge in [0.15, 0.2) is 0 Å². The summed E-state index contributed by atoms with van der Waals surface area (Å²) in [7, 11) is 0. The van der Waals surface area contributed by atoms with Crippen molar-refractivity contribution in [2.45, 2.75) is 32.7 Å². The van der Waals surface area contributed by atoms with Gasteiger partial charge in [-0.2, -0.15) is 0 Å². The number of amides is 1. The molecule has 0 fully saturated rings. The van der Waals surface area contributed by atoms with Gasteiger partial charge in [-0.3, -0.25) is 4.79 Å². The number of hydrogen-bond acceptors (Lipinski definition) is 3. The Morgan fingerprint density at radius 3 is 2.60 bits per heavy atom. The lowest BCUT2D eigenvalue weighted by atomic mass is 10.0. The Balaban J connectivity index is 1.79. The van der Waals surface area contributed by atoms with E-state index in [1.54, 1.807) is 0 Å². The average molecular weight is 335 g/mol. The van der Waals surface area contributed by atoms with Crippen LogP contribution in [-0.4, -0.2) is 5.91 Å². The molecule has 3 aromatic rings. The zero-order valence-corrected chi connectivity index (χ0v) is 14.2. The summed E-state index contributed by atoms with van der Waals surface area (Å²) < 4.78 is 5.27. The van der Waals surface area contributed by atoms with E-state index >= 15 is 0 Å². The van der Waals surface area contributed by atoms with Crippen molar-refractivity contribution in [2.24, 2.45) is 0 Å². The fourth-order valence-electron chi connectivity index (χ4n) is 2.90. The average Bonchev–Trinajstić information content (AvgIpc) is 2.61. The molecule has 0 aliphatic heterocycles. The third-order valence-electron chi connectivity index (χ3n) is 4.11. The van der Waals surface area contributed by atoms with Crippen molar-refractivity contribution in [3.8, 4) is 0 Å². The number of carbonyl (C=O) groups is 1. The SMILES string of the molecule is CCCc1ccc2oc(=O)cc(CNC(=O)Cc3ccccc3)c2c1. The summed E-state index contributed by atoms with van der Waals surface area (Å²) in [5.74, 6) is -0.0719. The fourth-order valence-corrected chi connectivity index (χ4v) is 2.90. The normalized spacial score (nSPS) is 10.8. The lowest BCUT2D eigenvalue weighted by molar-refractivity contribution is -0.120. The minimum Gasteiger partial charge on any atom is -0.423 e. The molecule has 0 spiro atoms. The Morgan fingerprint density at radius 2 is 1.84 bits per heavy atom. The molecule has 0 atom stereocenters. The molecule has 0 aliphatic carbocycles. The van der Waals surface area contributed by atoms with Gasteiger partial charge < -0.3 is 9.73 Å². The largest absolute Gasteiger partial charge is 0.423 e. The first-order valence-corrected chi connectivity index (χ1v) is 8.52. The van der Waals surface area contributed by atoms with Crippen molar-refractivity contribution < 1.29 is 9.21 Å². The number of carbonyl (C=O) groups excluding carboxylic acids is 1. The third kappa shape index (κ3) is 4.35. The van der Waals surface area contributed by atoms with Crippen molar-refractivity contribution in [3.63, 3.8) is 0 Å².